The van der Waals surface area contributed by atoms with Crippen molar-refractivity contribution in [3.63, 3.8) is 0 Å². The van der Waals surface area contributed by atoms with Crippen molar-refractivity contribution >= 4 is 17.6 Å². The number of hydrogen-bond acceptors (Lipinski definition) is 6. The zero-order valence-electron chi connectivity index (χ0n) is 16.2. The summed E-state index contributed by atoms with van der Waals surface area (Å²) in [5.41, 5.74) is 2.41. The molecular formula is C22H21N3O5. The van der Waals surface area contributed by atoms with E-state index in [0.29, 0.717) is 36.8 Å². The maximum atomic E-state index is 12.0. The average Bonchev–Trinajstić information content (AvgIpc) is 3.26. The topological polar surface area (TPSA) is 91.7 Å². The number of aryl methyl sites for hydroxylation is 1. The predicted molar refractivity (Wildman–Crippen MR) is 109 cm³/mol. The summed E-state index contributed by atoms with van der Waals surface area (Å²) in [5.74, 6) is 0.352. The van der Waals surface area contributed by atoms with E-state index in [2.05, 4.69) is 10.4 Å². The van der Waals surface area contributed by atoms with Crippen LogP contribution in [-0.2, 0) is 20.7 Å². The second-order valence-electron chi connectivity index (χ2n) is 6.70. The first-order valence-corrected chi connectivity index (χ1v) is 9.61. The van der Waals surface area contributed by atoms with Crippen molar-refractivity contribution in [1.29, 1.82) is 0 Å². The Kier molecular flexibility index (Phi) is 5.93. The number of amides is 1. The lowest BCUT2D eigenvalue weighted by molar-refractivity contribution is -0.147. The third kappa shape index (κ3) is 4.96. The highest BCUT2D eigenvalue weighted by Gasteiger charge is 2.14. The van der Waals surface area contributed by atoms with Gasteiger partial charge in [-0.3, -0.25) is 9.59 Å². The molecule has 0 unspecified atom stereocenters. The standard InChI is InChI=1S/C22H21N3O5/c26-21(24-17-7-8-19-20(12-17)29-11-10-28-19)15-30-22(27)9-6-16-13-23-25(14-16)18-4-2-1-3-5-18/h1-5,7-8,12-14H,6,9-11,15H2,(H,24,26). The van der Waals surface area contributed by atoms with Crippen LogP contribution in [0, 0.1) is 0 Å². The van der Waals surface area contributed by atoms with Crippen LogP contribution in [0.1, 0.15) is 12.0 Å². The second-order valence-corrected chi connectivity index (χ2v) is 6.70. The van der Waals surface area contributed by atoms with Gasteiger partial charge in [0.2, 0.25) is 0 Å². The van der Waals surface area contributed by atoms with Crippen LogP contribution in [0.4, 0.5) is 5.69 Å². The Labute approximate surface area is 173 Å². The summed E-state index contributed by atoms with van der Waals surface area (Å²) in [7, 11) is 0. The fourth-order valence-corrected chi connectivity index (χ4v) is 2.99. The Balaban J connectivity index is 1.21. The molecule has 2 heterocycles. The van der Waals surface area contributed by atoms with Gasteiger partial charge in [0.05, 0.1) is 11.9 Å². The Hall–Kier alpha value is -3.81. The molecule has 1 aromatic heterocycles. The first-order valence-electron chi connectivity index (χ1n) is 9.61. The van der Waals surface area contributed by atoms with Crippen molar-refractivity contribution in [2.75, 3.05) is 25.1 Å². The largest absolute Gasteiger partial charge is 0.486 e. The van der Waals surface area contributed by atoms with Crippen LogP contribution in [0.5, 0.6) is 11.5 Å². The molecule has 8 nitrogen and oxygen atoms in total. The number of para-hydroxylation sites is 1. The van der Waals surface area contributed by atoms with E-state index in [0.717, 1.165) is 11.3 Å². The number of hydrogen-bond donors (Lipinski definition) is 1. The molecule has 0 saturated heterocycles. The van der Waals surface area contributed by atoms with Crippen LogP contribution in [0.25, 0.3) is 5.69 Å². The summed E-state index contributed by atoms with van der Waals surface area (Å²) in [6.45, 7) is 0.616. The van der Waals surface area contributed by atoms with Crippen molar-refractivity contribution < 1.29 is 23.8 Å². The zero-order valence-corrected chi connectivity index (χ0v) is 16.2. The van der Waals surface area contributed by atoms with Gasteiger partial charge in [-0.15, -0.1) is 0 Å². The van der Waals surface area contributed by atoms with E-state index >= 15 is 0 Å². The van der Waals surface area contributed by atoms with Gasteiger partial charge in [0.1, 0.15) is 13.2 Å². The van der Waals surface area contributed by atoms with Crippen molar-refractivity contribution in [3.05, 3.63) is 66.5 Å². The van der Waals surface area contributed by atoms with Crippen LogP contribution >= 0.6 is 0 Å². The van der Waals surface area contributed by atoms with E-state index in [-0.39, 0.29) is 13.0 Å². The summed E-state index contributed by atoms with van der Waals surface area (Å²) in [4.78, 5) is 24.0. The molecule has 0 spiro atoms. The van der Waals surface area contributed by atoms with Gasteiger partial charge < -0.3 is 19.5 Å². The number of carbonyl (C=O) groups is 2. The zero-order chi connectivity index (χ0) is 20.8. The smallest absolute Gasteiger partial charge is 0.306 e. The molecule has 4 rings (SSSR count). The van der Waals surface area contributed by atoms with Gasteiger partial charge >= 0.3 is 5.97 Å². The molecule has 1 amide bonds. The summed E-state index contributed by atoms with van der Waals surface area (Å²) < 4.78 is 17.7. The minimum absolute atomic E-state index is 0.164. The second kappa shape index (κ2) is 9.13. The number of anilines is 1. The Morgan fingerprint density at radius 3 is 2.70 bits per heavy atom. The number of nitrogens with one attached hydrogen (secondary N) is 1. The lowest BCUT2D eigenvalue weighted by Gasteiger charge is -2.19. The van der Waals surface area contributed by atoms with Gasteiger partial charge in [0.15, 0.2) is 18.1 Å². The molecule has 1 aliphatic heterocycles. The molecule has 30 heavy (non-hydrogen) atoms. The number of ether oxygens (including phenoxy) is 3. The molecule has 0 bridgehead atoms. The van der Waals surface area contributed by atoms with Gasteiger partial charge in [-0.25, -0.2) is 4.68 Å². The van der Waals surface area contributed by atoms with Gasteiger partial charge in [-0.05, 0) is 36.2 Å². The van der Waals surface area contributed by atoms with Crippen LogP contribution in [0.15, 0.2) is 60.9 Å². The third-order valence-electron chi connectivity index (χ3n) is 4.46. The quantitative estimate of drug-likeness (QED) is 0.606. The van der Waals surface area contributed by atoms with Crippen LogP contribution in [0.2, 0.25) is 0 Å². The molecule has 3 aromatic rings. The van der Waals surface area contributed by atoms with Gasteiger partial charge in [-0.2, -0.15) is 5.10 Å². The Morgan fingerprint density at radius 2 is 1.87 bits per heavy atom. The number of nitrogens with zero attached hydrogens (tertiary/aromatic N) is 2. The van der Waals surface area contributed by atoms with Crippen LogP contribution in [0.3, 0.4) is 0 Å². The van der Waals surface area contributed by atoms with E-state index in [9.17, 15) is 9.59 Å². The first kappa shape index (κ1) is 19.5. The summed E-state index contributed by atoms with van der Waals surface area (Å²) in [5, 5.41) is 6.97. The number of fused-ring (bicyclic) bond motifs is 1. The maximum Gasteiger partial charge on any atom is 0.306 e. The van der Waals surface area contributed by atoms with Crippen molar-refractivity contribution in [2.45, 2.75) is 12.8 Å². The minimum Gasteiger partial charge on any atom is -0.486 e. The molecule has 8 heteroatoms. The van der Waals surface area contributed by atoms with Crippen molar-refractivity contribution in [3.8, 4) is 17.2 Å². The summed E-state index contributed by atoms with van der Waals surface area (Å²) in [6, 6.07) is 14.8. The Morgan fingerprint density at radius 1 is 1.07 bits per heavy atom. The lowest BCUT2D eigenvalue weighted by Crippen LogP contribution is -2.21. The van der Waals surface area contributed by atoms with Crippen LogP contribution in [-0.4, -0.2) is 41.5 Å². The highest BCUT2D eigenvalue weighted by Crippen LogP contribution is 2.32. The molecule has 154 valence electrons. The SMILES string of the molecule is O=C(COC(=O)CCc1cnn(-c2ccccc2)c1)Nc1ccc2c(c1)OCCO2. The highest BCUT2D eigenvalue weighted by atomic mass is 16.6. The van der Waals surface area contributed by atoms with Crippen LogP contribution < -0.4 is 14.8 Å². The van der Waals surface area contributed by atoms with Gasteiger partial charge in [0, 0.05) is 24.4 Å². The molecule has 1 aliphatic rings. The van der Waals surface area contributed by atoms with E-state index in [1.54, 1.807) is 29.1 Å². The number of benzene rings is 2. The fourth-order valence-electron chi connectivity index (χ4n) is 2.99. The fraction of sp³-hybridized carbons (Fsp3) is 0.227. The average molecular weight is 407 g/mol. The molecule has 0 atom stereocenters. The minimum atomic E-state index is -0.445. The maximum absolute atomic E-state index is 12.0. The molecule has 1 N–H and O–H groups in total. The van der Waals surface area contributed by atoms with Crippen molar-refractivity contribution in [2.24, 2.45) is 0 Å². The molecule has 0 aliphatic carbocycles. The number of aromatic nitrogens is 2. The molecule has 2 aromatic carbocycles. The summed E-state index contributed by atoms with van der Waals surface area (Å²) >= 11 is 0. The molecule has 0 radical (unpaired) electrons. The number of rotatable bonds is 7. The predicted octanol–water partition coefficient (Wildman–Crippen LogP) is 2.76. The molecule has 0 fully saturated rings. The van der Waals surface area contributed by atoms with E-state index < -0.39 is 11.9 Å². The van der Waals surface area contributed by atoms with E-state index in [1.807, 2.05) is 36.5 Å². The monoisotopic (exact) mass is 407 g/mol. The lowest BCUT2D eigenvalue weighted by atomic mass is 10.2. The first-order chi connectivity index (χ1) is 14.7. The Bertz CT molecular complexity index is 1030. The van der Waals surface area contributed by atoms with Crippen molar-refractivity contribution in [1.82, 2.24) is 9.78 Å². The molecule has 0 saturated carbocycles. The van der Waals surface area contributed by atoms with Gasteiger partial charge in [0.25, 0.3) is 5.91 Å². The normalized spacial score (nSPS) is 12.3. The van der Waals surface area contributed by atoms with E-state index in [4.69, 9.17) is 14.2 Å². The van der Waals surface area contributed by atoms with Gasteiger partial charge in [-0.1, -0.05) is 18.2 Å². The summed E-state index contributed by atoms with van der Waals surface area (Å²) in [6.07, 6.45) is 4.24. The van der Waals surface area contributed by atoms with E-state index in [1.165, 1.54) is 0 Å². The highest BCUT2D eigenvalue weighted by molar-refractivity contribution is 5.93. The third-order valence-corrected chi connectivity index (χ3v) is 4.46. The number of esters is 1. The molecular weight excluding hydrogens is 386 g/mol. The number of carbonyl (C=O) groups excluding carboxylic acids is 2.